The largest absolute Gasteiger partial charge is 0.464 e. The van der Waals surface area contributed by atoms with Gasteiger partial charge in [0.25, 0.3) is 10.0 Å². The smallest absolute Gasteiger partial charge is 0.355 e. The van der Waals surface area contributed by atoms with Gasteiger partial charge in [0, 0.05) is 0 Å². The van der Waals surface area contributed by atoms with Crippen LogP contribution in [0.25, 0.3) is 0 Å². The van der Waals surface area contributed by atoms with E-state index >= 15 is 0 Å². The molecule has 1 atom stereocenters. The third kappa shape index (κ3) is 4.50. The standard InChI is InChI=1S/C20H31NO5SSi/c1-15-8-11-17(12-9-15)27(23,24)21-16(10-13-18(21)19(22)25-5)14-26-28(6,7)20(2,3)4/h8-9,11-13,16H,10,14H2,1-7H3/t16-/m0/s1. The molecule has 1 aliphatic rings. The van der Waals surface area contributed by atoms with Gasteiger partial charge in [-0.25, -0.2) is 13.2 Å². The van der Waals surface area contributed by atoms with Gasteiger partial charge in [0.1, 0.15) is 5.70 Å². The van der Waals surface area contributed by atoms with Crippen LogP contribution in [0.2, 0.25) is 18.1 Å². The lowest BCUT2D eigenvalue weighted by Crippen LogP contribution is -2.46. The second-order valence-corrected chi connectivity index (χ2v) is 15.3. The molecule has 156 valence electrons. The highest BCUT2D eigenvalue weighted by Gasteiger charge is 2.43. The topological polar surface area (TPSA) is 72.9 Å². The maximum Gasteiger partial charge on any atom is 0.355 e. The van der Waals surface area contributed by atoms with Crippen LogP contribution in [0.5, 0.6) is 0 Å². The molecule has 0 unspecified atom stereocenters. The maximum atomic E-state index is 13.3. The van der Waals surface area contributed by atoms with Crippen LogP contribution in [0.1, 0.15) is 32.8 Å². The third-order valence-corrected chi connectivity index (χ3v) is 11.9. The highest BCUT2D eigenvalue weighted by molar-refractivity contribution is 7.89. The summed E-state index contributed by atoms with van der Waals surface area (Å²) in [5, 5.41) is 0.00484. The van der Waals surface area contributed by atoms with Gasteiger partial charge in [-0.3, -0.25) is 4.31 Å². The molecule has 0 spiro atoms. The highest BCUT2D eigenvalue weighted by Crippen LogP contribution is 2.38. The van der Waals surface area contributed by atoms with Crippen molar-refractivity contribution >= 4 is 24.3 Å². The number of methoxy groups -OCH3 is 1. The Morgan fingerprint density at radius 1 is 1.21 bits per heavy atom. The molecule has 0 amide bonds. The quantitative estimate of drug-likeness (QED) is 0.511. The normalized spacial score (nSPS) is 18.2. The van der Waals surface area contributed by atoms with Gasteiger partial charge in [0.05, 0.1) is 24.7 Å². The fraction of sp³-hybridized carbons (Fsp3) is 0.550. The second-order valence-electron chi connectivity index (χ2n) is 8.66. The van der Waals surface area contributed by atoms with Crippen molar-refractivity contribution in [3.05, 3.63) is 41.6 Å². The first-order chi connectivity index (χ1) is 12.8. The lowest BCUT2D eigenvalue weighted by atomic mass is 10.2. The van der Waals surface area contributed by atoms with E-state index in [1.807, 2.05) is 6.92 Å². The molecule has 0 saturated heterocycles. The predicted octanol–water partition coefficient (Wildman–Crippen LogP) is 3.84. The molecule has 0 aromatic heterocycles. The van der Waals surface area contributed by atoms with Crippen molar-refractivity contribution in [2.75, 3.05) is 13.7 Å². The van der Waals surface area contributed by atoms with Crippen LogP contribution in [-0.2, 0) is 24.0 Å². The fourth-order valence-electron chi connectivity index (χ4n) is 2.71. The van der Waals surface area contributed by atoms with Crippen LogP contribution < -0.4 is 0 Å². The minimum absolute atomic E-state index is 0.00484. The predicted molar refractivity (Wildman–Crippen MR) is 112 cm³/mol. The van der Waals surface area contributed by atoms with Gasteiger partial charge in [-0.15, -0.1) is 0 Å². The molecule has 0 saturated carbocycles. The molecule has 0 radical (unpaired) electrons. The Balaban J connectivity index is 2.37. The molecule has 2 rings (SSSR count). The zero-order valence-electron chi connectivity index (χ0n) is 17.8. The number of aryl methyl sites for hydroxylation is 1. The maximum absolute atomic E-state index is 13.3. The average molecular weight is 426 g/mol. The summed E-state index contributed by atoms with van der Waals surface area (Å²) in [5.74, 6) is -0.662. The molecule has 0 aliphatic carbocycles. The minimum Gasteiger partial charge on any atom is -0.464 e. The summed E-state index contributed by atoms with van der Waals surface area (Å²) in [7, 11) is -4.73. The van der Waals surface area contributed by atoms with Crippen molar-refractivity contribution in [3.63, 3.8) is 0 Å². The van der Waals surface area contributed by atoms with E-state index in [4.69, 9.17) is 9.16 Å². The molecule has 1 heterocycles. The van der Waals surface area contributed by atoms with Crippen LogP contribution in [0.3, 0.4) is 0 Å². The van der Waals surface area contributed by atoms with E-state index in [9.17, 15) is 13.2 Å². The van der Waals surface area contributed by atoms with Crippen LogP contribution in [0, 0.1) is 6.92 Å². The van der Waals surface area contributed by atoms with E-state index in [0.717, 1.165) is 5.56 Å². The molecule has 0 N–H and O–H groups in total. The van der Waals surface area contributed by atoms with Crippen molar-refractivity contribution in [1.29, 1.82) is 0 Å². The molecule has 1 aliphatic heterocycles. The van der Waals surface area contributed by atoms with E-state index in [1.165, 1.54) is 11.4 Å². The number of rotatable bonds is 6. The molecule has 0 bridgehead atoms. The zero-order valence-corrected chi connectivity index (χ0v) is 19.6. The number of ether oxygens (including phenoxy) is 1. The molecule has 1 aromatic carbocycles. The Morgan fingerprint density at radius 3 is 2.29 bits per heavy atom. The number of hydrogen-bond acceptors (Lipinski definition) is 5. The van der Waals surface area contributed by atoms with Crippen molar-refractivity contribution in [2.45, 2.75) is 63.2 Å². The first-order valence-corrected chi connectivity index (χ1v) is 13.7. The Labute approximate surface area is 169 Å². The Hall–Kier alpha value is -1.64. The number of carbonyl (C=O) groups is 1. The van der Waals surface area contributed by atoms with Crippen molar-refractivity contribution < 1.29 is 22.4 Å². The van der Waals surface area contributed by atoms with Crippen LogP contribution in [0.4, 0.5) is 0 Å². The lowest BCUT2D eigenvalue weighted by Gasteiger charge is -2.38. The van der Waals surface area contributed by atoms with Crippen molar-refractivity contribution in [3.8, 4) is 0 Å². The van der Waals surface area contributed by atoms with Gasteiger partial charge >= 0.3 is 5.97 Å². The minimum atomic E-state index is -3.91. The van der Waals surface area contributed by atoms with Gasteiger partial charge in [0.2, 0.25) is 0 Å². The molecular weight excluding hydrogens is 394 g/mol. The van der Waals surface area contributed by atoms with E-state index in [0.29, 0.717) is 6.42 Å². The van der Waals surface area contributed by atoms with Gasteiger partial charge in [-0.05, 0) is 43.6 Å². The number of carbonyl (C=O) groups excluding carboxylic acids is 1. The van der Waals surface area contributed by atoms with E-state index in [2.05, 4.69) is 33.9 Å². The number of esters is 1. The van der Waals surface area contributed by atoms with Crippen LogP contribution in [-0.4, -0.2) is 46.8 Å². The van der Waals surface area contributed by atoms with Gasteiger partial charge in [-0.1, -0.05) is 44.5 Å². The molecule has 28 heavy (non-hydrogen) atoms. The monoisotopic (exact) mass is 425 g/mol. The van der Waals surface area contributed by atoms with E-state index in [1.54, 1.807) is 30.3 Å². The van der Waals surface area contributed by atoms with E-state index < -0.39 is 30.4 Å². The van der Waals surface area contributed by atoms with Crippen molar-refractivity contribution in [1.82, 2.24) is 4.31 Å². The first kappa shape index (κ1) is 22.6. The lowest BCUT2D eigenvalue weighted by molar-refractivity contribution is -0.137. The van der Waals surface area contributed by atoms with Gasteiger partial charge in [0.15, 0.2) is 8.32 Å². The summed E-state index contributed by atoms with van der Waals surface area (Å²) >= 11 is 0. The molecule has 1 aromatic rings. The van der Waals surface area contributed by atoms with Crippen LogP contribution >= 0.6 is 0 Å². The number of hydrogen-bond donors (Lipinski definition) is 0. The SMILES string of the molecule is COC(=O)C1=CC[C@@H](CO[Si](C)(C)C(C)(C)C)N1S(=O)(=O)c1ccc(C)cc1. The zero-order chi connectivity index (χ0) is 21.3. The Kier molecular flexibility index (Phi) is 6.47. The Morgan fingerprint density at radius 2 is 1.79 bits per heavy atom. The summed E-state index contributed by atoms with van der Waals surface area (Å²) in [4.78, 5) is 12.4. The summed E-state index contributed by atoms with van der Waals surface area (Å²) < 4.78 is 38.9. The van der Waals surface area contributed by atoms with Crippen molar-refractivity contribution in [2.24, 2.45) is 0 Å². The molecular formula is C20H31NO5SSi. The molecule has 8 heteroatoms. The highest BCUT2D eigenvalue weighted by atomic mass is 32.2. The number of benzene rings is 1. The second kappa shape index (κ2) is 8.00. The first-order valence-electron chi connectivity index (χ1n) is 9.35. The Bertz CT molecular complexity index is 854. The third-order valence-electron chi connectivity index (χ3n) is 5.57. The number of sulfonamides is 1. The summed E-state index contributed by atoms with van der Waals surface area (Å²) in [5.41, 5.74) is 1.01. The fourth-order valence-corrected chi connectivity index (χ4v) is 5.41. The van der Waals surface area contributed by atoms with Gasteiger partial charge < -0.3 is 9.16 Å². The molecule has 0 fully saturated rings. The summed E-state index contributed by atoms with van der Waals surface area (Å²) in [6, 6.07) is 6.12. The molecule has 6 nitrogen and oxygen atoms in total. The summed E-state index contributed by atoms with van der Waals surface area (Å²) in [6.07, 6.45) is 2.03. The number of nitrogens with zero attached hydrogens (tertiary/aromatic N) is 1. The van der Waals surface area contributed by atoms with Gasteiger partial charge in [-0.2, -0.15) is 0 Å². The summed E-state index contributed by atoms with van der Waals surface area (Å²) in [6.45, 7) is 12.8. The van der Waals surface area contributed by atoms with Crippen LogP contribution in [0.15, 0.2) is 40.9 Å². The van der Waals surface area contributed by atoms with E-state index in [-0.39, 0.29) is 22.2 Å². The average Bonchev–Trinajstić information content (AvgIpc) is 3.03.